The summed E-state index contributed by atoms with van der Waals surface area (Å²) in [5, 5.41) is 0. The molecule has 3 aromatic rings. The van der Waals surface area contributed by atoms with Crippen molar-refractivity contribution in [2.45, 2.75) is 48.7 Å². The smallest absolute Gasteiger partial charge is 0.243 e. The van der Waals surface area contributed by atoms with Crippen LogP contribution >= 0.6 is 0 Å². The van der Waals surface area contributed by atoms with E-state index in [1.165, 1.54) is 32.9 Å². The van der Waals surface area contributed by atoms with Gasteiger partial charge in [0.1, 0.15) is 5.75 Å². The highest BCUT2D eigenvalue weighted by molar-refractivity contribution is 7.89. The van der Waals surface area contributed by atoms with Crippen LogP contribution < -0.4 is 4.74 Å². The van der Waals surface area contributed by atoms with E-state index in [0.29, 0.717) is 12.4 Å². The standard InChI is InChI=1S/C28H34N2O6S2/c1-3-29(20-23-9-5-4-6-10-23)37(31,32)27-14-16-28(17-15-27)38(33,34)30(22-26-13-8-18-36-26)21-24-11-7-12-25(19-24)35-2/h4-7,9-12,14-17,19,26H,3,8,13,18,20-22H2,1-2H3/t26-/m0/s1. The van der Waals surface area contributed by atoms with E-state index in [2.05, 4.69) is 0 Å². The van der Waals surface area contributed by atoms with Gasteiger partial charge in [0.15, 0.2) is 0 Å². The predicted octanol–water partition coefficient (Wildman–Crippen LogP) is 4.28. The lowest BCUT2D eigenvalue weighted by atomic mass is 10.2. The number of hydrogen-bond donors (Lipinski definition) is 0. The van der Waals surface area contributed by atoms with Gasteiger partial charge in [-0.1, -0.05) is 49.4 Å². The first-order valence-electron chi connectivity index (χ1n) is 12.6. The highest BCUT2D eigenvalue weighted by Gasteiger charge is 2.30. The molecule has 38 heavy (non-hydrogen) atoms. The summed E-state index contributed by atoms with van der Waals surface area (Å²) >= 11 is 0. The van der Waals surface area contributed by atoms with Crippen molar-refractivity contribution >= 4 is 20.0 Å². The molecule has 10 heteroatoms. The molecule has 0 bridgehead atoms. The highest BCUT2D eigenvalue weighted by atomic mass is 32.2. The molecular formula is C28H34N2O6S2. The number of hydrogen-bond acceptors (Lipinski definition) is 6. The molecule has 1 fully saturated rings. The first-order chi connectivity index (χ1) is 18.2. The summed E-state index contributed by atoms with van der Waals surface area (Å²) in [6.07, 6.45) is 1.49. The van der Waals surface area contributed by atoms with E-state index in [1.807, 2.05) is 42.5 Å². The molecule has 0 unspecified atom stereocenters. The molecule has 204 valence electrons. The zero-order chi connectivity index (χ0) is 27.2. The molecule has 0 radical (unpaired) electrons. The van der Waals surface area contributed by atoms with Crippen LogP contribution in [0.4, 0.5) is 0 Å². The highest BCUT2D eigenvalue weighted by Crippen LogP contribution is 2.26. The summed E-state index contributed by atoms with van der Waals surface area (Å²) in [7, 11) is -6.19. The summed E-state index contributed by atoms with van der Waals surface area (Å²) < 4.78 is 68.0. The van der Waals surface area contributed by atoms with E-state index in [1.54, 1.807) is 26.2 Å². The molecule has 3 aromatic carbocycles. The Hall–Kier alpha value is -2.76. The third-order valence-corrected chi connectivity index (χ3v) is 10.3. The first-order valence-corrected chi connectivity index (χ1v) is 15.5. The zero-order valence-electron chi connectivity index (χ0n) is 21.7. The van der Waals surface area contributed by atoms with Gasteiger partial charge in [-0.3, -0.25) is 0 Å². The molecule has 1 aliphatic heterocycles. The van der Waals surface area contributed by atoms with Gasteiger partial charge in [0.05, 0.1) is 23.0 Å². The van der Waals surface area contributed by atoms with E-state index < -0.39 is 20.0 Å². The Morgan fingerprint density at radius 3 is 2.00 bits per heavy atom. The lowest BCUT2D eigenvalue weighted by Crippen LogP contribution is -2.37. The second-order valence-electron chi connectivity index (χ2n) is 9.17. The fraction of sp³-hybridized carbons (Fsp3) is 0.357. The molecule has 8 nitrogen and oxygen atoms in total. The summed E-state index contributed by atoms with van der Waals surface area (Å²) in [6.45, 7) is 3.25. The minimum Gasteiger partial charge on any atom is -0.497 e. The van der Waals surface area contributed by atoms with Crippen LogP contribution in [0.25, 0.3) is 0 Å². The number of rotatable bonds is 12. The Labute approximate surface area is 225 Å². The van der Waals surface area contributed by atoms with E-state index >= 15 is 0 Å². The third-order valence-electron chi connectivity index (χ3n) is 6.58. The van der Waals surface area contributed by atoms with Gasteiger partial charge in [0, 0.05) is 32.8 Å². The average molecular weight is 559 g/mol. The Balaban J connectivity index is 1.59. The fourth-order valence-electron chi connectivity index (χ4n) is 4.47. The van der Waals surface area contributed by atoms with Crippen LogP contribution in [0.2, 0.25) is 0 Å². The lowest BCUT2D eigenvalue weighted by Gasteiger charge is -2.25. The number of sulfonamides is 2. The molecule has 0 amide bonds. The van der Waals surface area contributed by atoms with Gasteiger partial charge in [0.2, 0.25) is 20.0 Å². The van der Waals surface area contributed by atoms with Gasteiger partial charge < -0.3 is 9.47 Å². The van der Waals surface area contributed by atoms with Gasteiger partial charge in [-0.15, -0.1) is 0 Å². The maximum absolute atomic E-state index is 13.8. The Kier molecular flexibility index (Phi) is 9.22. The molecule has 1 saturated heterocycles. The van der Waals surface area contributed by atoms with Crippen LogP contribution in [0, 0.1) is 0 Å². The number of nitrogens with zero attached hydrogens (tertiary/aromatic N) is 2. The maximum atomic E-state index is 13.8. The summed E-state index contributed by atoms with van der Waals surface area (Å²) in [5.74, 6) is 0.641. The maximum Gasteiger partial charge on any atom is 0.243 e. The molecule has 4 rings (SSSR count). The Morgan fingerprint density at radius 2 is 1.42 bits per heavy atom. The molecule has 0 aromatic heterocycles. The largest absolute Gasteiger partial charge is 0.497 e. The van der Waals surface area contributed by atoms with E-state index in [4.69, 9.17) is 9.47 Å². The molecular weight excluding hydrogens is 524 g/mol. The van der Waals surface area contributed by atoms with Crippen LogP contribution in [0.3, 0.4) is 0 Å². The van der Waals surface area contributed by atoms with E-state index in [9.17, 15) is 16.8 Å². The average Bonchev–Trinajstić information content (AvgIpc) is 3.45. The lowest BCUT2D eigenvalue weighted by molar-refractivity contribution is 0.0926. The van der Waals surface area contributed by atoms with Crippen molar-refractivity contribution in [3.8, 4) is 5.75 Å². The van der Waals surface area contributed by atoms with Gasteiger partial charge in [-0.25, -0.2) is 16.8 Å². The number of methoxy groups -OCH3 is 1. The summed E-state index contributed by atoms with van der Waals surface area (Å²) in [5.41, 5.74) is 1.66. The van der Waals surface area contributed by atoms with E-state index in [-0.39, 0.29) is 42.1 Å². The van der Waals surface area contributed by atoms with Crippen molar-refractivity contribution in [2.24, 2.45) is 0 Å². The molecule has 1 atom stereocenters. The van der Waals surface area contributed by atoms with Crippen molar-refractivity contribution in [1.82, 2.24) is 8.61 Å². The van der Waals surface area contributed by atoms with Crippen LogP contribution in [0.5, 0.6) is 5.75 Å². The summed E-state index contributed by atoms with van der Waals surface area (Å²) in [6, 6.07) is 22.1. The molecule has 0 saturated carbocycles. The molecule has 0 aliphatic carbocycles. The van der Waals surface area contributed by atoms with Crippen molar-refractivity contribution in [2.75, 3.05) is 26.8 Å². The normalized spacial score (nSPS) is 16.3. The molecule has 1 aliphatic rings. The van der Waals surface area contributed by atoms with Crippen LogP contribution in [-0.2, 0) is 37.9 Å². The zero-order valence-corrected chi connectivity index (χ0v) is 23.3. The van der Waals surface area contributed by atoms with Gasteiger partial charge in [-0.2, -0.15) is 8.61 Å². The van der Waals surface area contributed by atoms with Crippen LogP contribution in [-0.4, -0.2) is 58.4 Å². The Morgan fingerprint density at radius 1 is 0.816 bits per heavy atom. The quantitative estimate of drug-likeness (QED) is 0.330. The van der Waals surface area contributed by atoms with Gasteiger partial charge in [-0.05, 0) is 60.4 Å². The van der Waals surface area contributed by atoms with Gasteiger partial charge in [0.25, 0.3) is 0 Å². The topological polar surface area (TPSA) is 93.2 Å². The fourth-order valence-corrected chi connectivity index (χ4v) is 7.37. The van der Waals surface area contributed by atoms with E-state index in [0.717, 1.165) is 24.0 Å². The van der Waals surface area contributed by atoms with Crippen LogP contribution in [0.1, 0.15) is 30.9 Å². The number of ether oxygens (including phenoxy) is 2. The summed E-state index contributed by atoms with van der Waals surface area (Å²) in [4.78, 5) is 0.0798. The Bertz CT molecular complexity index is 1410. The minimum absolute atomic E-state index is 0.0310. The second kappa shape index (κ2) is 12.4. The monoisotopic (exact) mass is 558 g/mol. The van der Waals surface area contributed by atoms with Gasteiger partial charge >= 0.3 is 0 Å². The number of benzene rings is 3. The third kappa shape index (κ3) is 6.62. The SMILES string of the molecule is CCN(Cc1ccccc1)S(=O)(=O)c1ccc(S(=O)(=O)N(Cc2cccc(OC)c2)C[C@@H]2CCCO2)cc1. The molecule has 0 N–H and O–H groups in total. The van der Waals surface area contributed by atoms with Crippen molar-refractivity contribution < 1.29 is 26.3 Å². The predicted molar refractivity (Wildman–Crippen MR) is 146 cm³/mol. The molecule has 0 spiro atoms. The van der Waals surface area contributed by atoms with Crippen LogP contribution in [0.15, 0.2) is 88.7 Å². The molecule has 1 heterocycles. The minimum atomic E-state index is -3.94. The first kappa shape index (κ1) is 28.3. The van der Waals surface area contributed by atoms with Crippen molar-refractivity contribution in [3.63, 3.8) is 0 Å². The van der Waals surface area contributed by atoms with Crippen molar-refractivity contribution in [3.05, 3.63) is 90.0 Å². The van der Waals surface area contributed by atoms with Crippen molar-refractivity contribution in [1.29, 1.82) is 0 Å². The second-order valence-corrected chi connectivity index (χ2v) is 13.0.